The fourth-order valence-electron chi connectivity index (χ4n) is 5.60. The number of nitrogens with one attached hydrogen (secondary N) is 3. The average molecular weight is 497 g/mol. The molecule has 1 saturated carbocycles. The summed E-state index contributed by atoms with van der Waals surface area (Å²) in [4.78, 5) is 56.6. The maximum atomic E-state index is 13.6. The van der Waals surface area contributed by atoms with Crippen molar-refractivity contribution >= 4 is 34.6 Å². The van der Waals surface area contributed by atoms with E-state index in [1.54, 1.807) is 18.1 Å². The molecule has 2 aliphatic heterocycles. The predicted octanol–water partition coefficient (Wildman–Crippen LogP) is 1.75. The van der Waals surface area contributed by atoms with E-state index in [0.29, 0.717) is 37.4 Å². The summed E-state index contributed by atoms with van der Waals surface area (Å²) < 4.78 is 10.3. The predicted molar refractivity (Wildman–Crippen MR) is 130 cm³/mol. The van der Waals surface area contributed by atoms with Crippen molar-refractivity contribution in [2.75, 3.05) is 27.3 Å². The zero-order valence-electron chi connectivity index (χ0n) is 20.6. The van der Waals surface area contributed by atoms with Crippen LogP contribution >= 0.6 is 0 Å². The summed E-state index contributed by atoms with van der Waals surface area (Å²) in [6.45, 7) is 1.01. The molecule has 1 unspecified atom stereocenters. The third kappa shape index (κ3) is 4.52. The van der Waals surface area contributed by atoms with Crippen LogP contribution in [0.3, 0.4) is 0 Å². The van der Waals surface area contributed by atoms with Gasteiger partial charge in [-0.25, -0.2) is 4.79 Å². The van der Waals surface area contributed by atoms with Gasteiger partial charge in [0.1, 0.15) is 23.5 Å². The van der Waals surface area contributed by atoms with Crippen molar-refractivity contribution in [1.29, 1.82) is 0 Å². The highest BCUT2D eigenvalue weighted by atomic mass is 16.5. The van der Waals surface area contributed by atoms with Crippen molar-refractivity contribution in [2.24, 2.45) is 11.3 Å². The third-order valence-corrected chi connectivity index (χ3v) is 7.97. The van der Waals surface area contributed by atoms with Gasteiger partial charge in [0.05, 0.1) is 14.2 Å². The average Bonchev–Trinajstić information content (AvgIpc) is 3.28. The first kappa shape index (κ1) is 24.1. The molecule has 3 N–H and O–H groups in total. The lowest BCUT2D eigenvalue weighted by molar-refractivity contribution is -0.146. The summed E-state index contributed by atoms with van der Waals surface area (Å²) in [6, 6.07) is 5.62. The number of aromatic amines is 1. The first-order chi connectivity index (χ1) is 17.3. The number of fused-ring (bicyclic) bond motifs is 1. The highest BCUT2D eigenvalue weighted by Gasteiger charge is 2.51. The summed E-state index contributed by atoms with van der Waals surface area (Å²) >= 11 is 0. The van der Waals surface area contributed by atoms with Crippen molar-refractivity contribution in [2.45, 2.75) is 50.6 Å². The van der Waals surface area contributed by atoms with E-state index in [9.17, 15) is 19.2 Å². The fourth-order valence-corrected chi connectivity index (χ4v) is 5.60. The first-order valence-corrected chi connectivity index (χ1v) is 12.5. The summed E-state index contributed by atoms with van der Waals surface area (Å²) in [5.74, 6) is -1.09. The number of H-pyrrole nitrogens is 1. The number of carbonyl (C=O) groups excluding carboxylic acids is 4. The Kier molecular flexibility index (Phi) is 6.36. The highest BCUT2D eigenvalue weighted by Crippen LogP contribution is 2.55. The standard InChI is InChI=1S/C26H32N4O6/c1-35-21-5-3-4-17-16(21)13-18(28-17)24(33)30-11-9-26(7-8-26)14-20(30)23(32)29-19(25(34)36-2)12-15-6-10-27-22(15)31/h3-5,13,15,19-20,28H,6-12,14H2,1-2H3,(H,27,31)(H,29,32)/t15-,19?,20-/m0/s1. The molecule has 3 fully saturated rings. The second-order valence-electron chi connectivity index (χ2n) is 10.2. The number of hydrogen-bond acceptors (Lipinski definition) is 6. The minimum absolute atomic E-state index is 0.0779. The highest BCUT2D eigenvalue weighted by molar-refractivity contribution is 6.02. The van der Waals surface area contributed by atoms with E-state index >= 15 is 0 Å². The Bertz CT molecular complexity index is 1200. The Morgan fingerprint density at radius 2 is 2.03 bits per heavy atom. The molecule has 3 heterocycles. The number of esters is 1. The van der Waals surface area contributed by atoms with Crippen molar-refractivity contribution in [3.05, 3.63) is 30.0 Å². The maximum Gasteiger partial charge on any atom is 0.328 e. The fraction of sp³-hybridized carbons (Fsp3) is 0.538. The van der Waals surface area contributed by atoms with Gasteiger partial charge in [0.2, 0.25) is 11.8 Å². The molecular formula is C26H32N4O6. The normalized spacial score (nSPS) is 23.3. The minimum Gasteiger partial charge on any atom is -0.496 e. The third-order valence-electron chi connectivity index (χ3n) is 7.97. The molecule has 0 radical (unpaired) electrons. The monoisotopic (exact) mass is 496 g/mol. The molecule has 1 aromatic heterocycles. The Morgan fingerprint density at radius 1 is 1.22 bits per heavy atom. The molecule has 192 valence electrons. The van der Waals surface area contributed by atoms with Crippen LogP contribution in [0, 0.1) is 11.3 Å². The second kappa shape index (κ2) is 9.48. The molecule has 10 nitrogen and oxygen atoms in total. The Labute approximate surface area is 209 Å². The van der Waals surface area contributed by atoms with Crippen molar-refractivity contribution in [1.82, 2.24) is 20.5 Å². The lowest BCUT2D eigenvalue weighted by Crippen LogP contribution is -2.57. The van der Waals surface area contributed by atoms with Gasteiger partial charge in [-0.2, -0.15) is 0 Å². The number of nitrogens with zero attached hydrogens (tertiary/aromatic N) is 1. The van der Waals surface area contributed by atoms with Gasteiger partial charge < -0.3 is 30.0 Å². The van der Waals surface area contributed by atoms with Gasteiger partial charge in [0.25, 0.3) is 5.91 Å². The van der Waals surface area contributed by atoms with E-state index in [1.165, 1.54) is 7.11 Å². The number of hydrogen-bond donors (Lipinski definition) is 3. The molecular weight excluding hydrogens is 464 g/mol. The molecule has 0 bridgehead atoms. The van der Waals surface area contributed by atoms with E-state index in [0.717, 1.165) is 30.2 Å². The summed E-state index contributed by atoms with van der Waals surface area (Å²) in [5.41, 5.74) is 1.23. The van der Waals surface area contributed by atoms with Gasteiger partial charge in [-0.15, -0.1) is 0 Å². The number of piperidine rings is 1. The zero-order valence-corrected chi connectivity index (χ0v) is 20.6. The van der Waals surface area contributed by atoms with Crippen molar-refractivity contribution in [3.8, 4) is 5.75 Å². The lowest BCUT2D eigenvalue weighted by atomic mass is 9.87. The van der Waals surface area contributed by atoms with E-state index in [1.807, 2.05) is 18.2 Å². The number of rotatable bonds is 7. The van der Waals surface area contributed by atoms with Crippen molar-refractivity contribution in [3.63, 3.8) is 0 Å². The van der Waals surface area contributed by atoms with Crippen molar-refractivity contribution < 1.29 is 28.7 Å². The number of carbonyl (C=O) groups is 4. The summed E-state index contributed by atoms with van der Waals surface area (Å²) in [5, 5.41) is 6.36. The first-order valence-electron chi connectivity index (χ1n) is 12.5. The van der Waals surface area contributed by atoms with Crippen LogP contribution in [0.25, 0.3) is 10.9 Å². The van der Waals surface area contributed by atoms with Gasteiger partial charge in [0.15, 0.2) is 0 Å². The SMILES string of the molecule is COC(=O)C(C[C@@H]1CCNC1=O)NC(=O)[C@@H]1CC2(CCN1C(=O)c1cc3c(OC)cccc3[nH]1)CC2. The molecule has 3 aliphatic rings. The topological polar surface area (TPSA) is 130 Å². The van der Waals surface area contributed by atoms with Gasteiger partial charge in [-0.1, -0.05) is 6.07 Å². The minimum atomic E-state index is -0.956. The molecule has 3 amide bonds. The number of ether oxygens (including phenoxy) is 2. The largest absolute Gasteiger partial charge is 0.496 e. The quantitative estimate of drug-likeness (QED) is 0.501. The Morgan fingerprint density at radius 3 is 2.69 bits per heavy atom. The van der Waals surface area contributed by atoms with Gasteiger partial charge >= 0.3 is 5.97 Å². The van der Waals surface area contributed by atoms with Gasteiger partial charge in [-0.3, -0.25) is 14.4 Å². The molecule has 10 heteroatoms. The molecule has 3 atom stereocenters. The number of amides is 3. The van der Waals surface area contributed by atoms with Crippen LogP contribution < -0.4 is 15.4 Å². The smallest absolute Gasteiger partial charge is 0.328 e. The van der Waals surface area contributed by atoms with Crippen LogP contribution in [-0.2, 0) is 19.1 Å². The van der Waals surface area contributed by atoms with Crippen LogP contribution in [0.1, 0.15) is 49.0 Å². The number of aromatic nitrogens is 1. The van der Waals surface area contributed by atoms with E-state index < -0.39 is 24.0 Å². The summed E-state index contributed by atoms with van der Waals surface area (Å²) in [6.07, 6.45) is 4.22. The number of methoxy groups -OCH3 is 2. The molecule has 2 aromatic rings. The van der Waals surface area contributed by atoms with Gasteiger partial charge in [0, 0.05) is 29.9 Å². The second-order valence-corrected chi connectivity index (χ2v) is 10.2. The van der Waals surface area contributed by atoms with Crippen LogP contribution in [-0.4, -0.2) is 73.0 Å². The van der Waals surface area contributed by atoms with E-state index in [2.05, 4.69) is 15.6 Å². The molecule has 1 spiro atoms. The Balaban J connectivity index is 1.38. The number of benzene rings is 1. The zero-order chi connectivity index (χ0) is 25.4. The molecule has 5 rings (SSSR count). The van der Waals surface area contributed by atoms with Gasteiger partial charge in [-0.05, 0) is 62.1 Å². The van der Waals surface area contributed by atoms with Crippen LogP contribution in [0.2, 0.25) is 0 Å². The maximum absolute atomic E-state index is 13.6. The van der Waals surface area contributed by atoms with Crippen LogP contribution in [0.15, 0.2) is 24.3 Å². The Hall–Kier alpha value is -3.56. The van der Waals surface area contributed by atoms with Crippen LogP contribution in [0.4, 0.5) is 0 Å². The molecule has 1 aromatic carbocycles. The summed E-state index contributed by atoms with van der Waals surface area (Å²) in [7, 11) is 2.84. The molecule has 36 heavy (non-hydrogen) atoms. The van der Waals surface area contributed by atoms with Crippen LogP contribution in [0.5, 0.6) is 5.75 Å². The van der Waals surface area contributed by atoms with E-state index in [-0.39, 0.29) is 29.6 Å². The number of likely N-dealkylation sites (tertiary alicyclic amines) is 1. The molecule has 2 saturated heterocycles. The lowest BCUT2D eigenvalue weighted by Gasteiger charge is -2.39. The van der Waals surface area contributed by atoms with E-state index in [4.69, 9.17) is 9.47 Å². The molecule has 1 aliphatic carbocycles.